The lowest BCUT2D eigenvalue weighted by molar-refractivity contribution is -0.175. The second kappa shape index (κ2) is 6.54. The maximum atomic E-state index is 12.5. The number of carboxylic acid groups (broad SMARTS) is 1. The number of hydrogen-bond donors (Lipinski definition) is 3. The fourth-order valence-corrected chi connectivity index (χ4v) is 1.56. The molecule has 12 heteroatoms. The minimum atomic E-state index is -4.75. The molecule has 112 valence electrons. The van der Waals surface area contributed by atoms with Gasteiger partial charge in [0.1, 0.15) is 5.92 Å². The molecule has 0 aliphatic carbocycles. The van der Waals surface area contributed by atoms with Crippen molar-refractivity contribution < 1.29 is 27.9 Å². The van der Waals surface area contributed by atoms with E-state index in [0.717, 1.165) is 0 Å². The van der Waals surface area contributed by atoms with Crippen LogP contribution in [0.2, 0.25) is 0 Å². The van der Waals surface area contributed by atoms with Crippen LogP contribution in [0.1, 0.15) is 12.2 Å². The third kappa shape index (κ3) is 4.36. The predicted molar refractivity (Wildman–Crippen MR) is 61.5 cm³/mol. The molecule has 8 nitrogen and oxygen atoms in total. The molecule has 0 fully saturated rings. The highest BCUT2D eigenvalue weighted by atomic mass is 32.1. The van der Waals surface area contributed by atoms with Crippen molar-refractivity contribution >= 4 is 24.5 Å². The van der Waals surface area contributed by atoms with Gasteiger partial charge in [-0.25, -0.2) is 5.43 Å². The molecular weight excluding hydrogens is 303 g/mol. The van der Waals surface area contributed by atoms with E-state index in [9.17, 15) is 22.8 Å². The third-order valence-electron chi connectivity index (χ3n) is 2.21. The first-order valence-electron chi connectivity index (χ1n) is 5.23. The average Bonchev–Trinajstić information content (AvgIpc) is 2.72. The number of carbonyl (C=O) groups is 2. The van der Waals surface area contributed by atoms with E-state index < -0.39 is 29.7 Å². The number of amides is 1. The summed E-state index contributed by atoms with van der Waals surface area (Å²) in [6.45, 7) is 0. The van der Waals surface area contributed by atoms with Crippen LogP contribution in [0.4, 0.5) is 13.2 Å². The summed E-state index contributed by atoms with van der Waals surface area (Å²) in [6, 6.07) is 0. The van der Waals surface area contributed by atoms with Crippen molar-refractivity contribution in [3.63, 3.8) is 0 Å². The molecule has 1 amide bonds. The zero-order valence-electron chi connectivity index (χ0n) is 9.83. The Morgan fingerprint density at radius 1 is 1.45 bits per heavy atom. The first kappa shape index (κ1) is 16.2. The van der Waals surface area contributed by atoms with Crippen molar-refractivity contribution in [1.82, 2.24) is 20.3 Å². The lowest BCUT2D eigenvalue weighted by Gasteiger charge is -2.17. The Bertz CT molecular complexity index is 492. The molecule has 0 spiro atoms. The first-order chi connectivity index (χ1) is 9.25. The molecule has 1 heterocycles. The normalized spacial score (nSPS) is 13.0. The highest BCUT2D eigenvalue weighted by Crippen LogP contribution is 2.27. The van der Waals surface area contributed by atoms with Crippen molar-refractivity contribution in [2.24, 2.45) is 5.92 Å². The van der Waals surface area contributed by atoms with E-state index in [1.165, 1.54) is 0 Å². The smallest absolute Gasteiger partial charge is 0.401 e. The summed E-state index contributed by atoms with van der Waals surface area (Å²) in [5.74, 6) is -5.63. The summed E-state index contributed by atoms with van der Waals surface area (Å²) in [5.41, 5.74) is 1.85. The monoisotopic (exact) mass is 313 g/mol. The van der Waals surface area contributed by atoms with Gasteiger partial charge in [0.2, 0.25) is 0 Å². The standard InChI is InChI=1S/C8H10F3N5O3S/c9-8(10,11)4(3-20)7(19)13-16-5(12-14-15-16)1-2-6(17)18/h4,20H,1-3H2,(H,13,19)(H,17,18). The van der Waals surface area contributed by atoms with Gasteiger partial charge in [-0.05, 0) is 10.4 Å². The first-order valence-corrected chi connectivity index (χ1v) is 5.86. The van der Waals surface area contributed by atoms with E-state index in [1.807, 2.05) is 5.43 Å². The Hall–Kier alpha value is -1.85. The van der Waals surface area contributed by atoms with Gasteiger partial charge >= 0.3 is 12.1 Å². The van der Waals surface area contributed by atoms with Crippen molar-refractivity contribution in [2.45, 2.75) is 19.0 Å². The fourth-order valence-electron chi connectivity index (χ4n) is 1.18. The number of aliphatic carboxylic acids is 1. The van der Waals surface area contributed by atoms with Gasteiger partial charge in [0.25, 0.3) is 5.91 Å². The van der Waals surface area contributed by atoms with Crippen LogP contribution in [0.5, 0.6) is 0 Å². The number of rotatable bonds is 6. The van der Waals surface area contributed by atoms with E-state index >= 15 is 0 Å². The van der Waals surface area contributed by atoms with Gasteiger partial charge in [0.05, 0.1) is 6.42 Å². The number of thiol groups is 1. The van der Waals surface area contributed by atoms with E-state index in [1.54, 1.807) is 0 Å². The molecule has 2 N–H and O–H groups in total. The number of carboxylic acids is 1. The zero-order chi connectivity index (χ0) is 15.3. The molecule has 0 aliphatic rings. The fraction of sp³-hybridized carbons (Fsp3) is 0.625. The molecule has 0 aliphatic heterocycles. The molecule has 0 aromatic carbocycles. The molecule has 1 aromatic rings. The van der Waals surface area contributed by atoms with Gasteiger partial charge in [0.15, 0.2) is 5.82 Å². The second-order valence-corrected chi connectivity index (χ2v) is 4.02. The van der Waals surface area contributed by atoms with Gasteiger partial charge in [-0.3, -0.25) is 9.59 Å². The average molecular weight is 313 g/mol. The van der Waals surface area contributed by atoms with Crippen molar-refractivity contribution in [3.8, 4) is 0 Å². The highest BCUT2D eigenvalue weighted by Gasteiger charge is 2.44. The lowest BCUT2D eigenvalue weighted by atomic mass is 10.1. The number of nitrogens with one attached hydrogen (secondary N) is 1. The number of aryl methyl sites for hydroxylation is 1. The number of tetrazole rings is 1. The number of hydrogen-bond acceptors (Lipinski definition) is 6. The molecule has 1 aromatic heterocycles. The van der Waals surface area contributed by atoms with Gasteiger partial charge in [0, 0.05) is 12.2 Å². The van der Waals surface area contributed by atoms with Crippen LogP contribution < -0.4 is 5.43 Å². The van der Waals surface area contributed by atoms with Crippen molar-refractivity contribution in [1.29, 1.82) is 0 Å². The summed E-state index contributed by atoms with van der Waals surface area (Å²) < 4.78 is 37.5. The number of alkyl halides is 3. The number of halogens is 3. The van der Waals surface area contributed by atoms with Gasteiger partial charge in [-0.15, -0.1) is 9.89 Å². The molecule has 0 bridgehead atoms. The van der Waals surface area contributed by atoms with E-state index in [4.69, 9.17) is 5.11 Å². The van der Waals surface area contributed by atoms with Crippen LogP contribution in [0.15, 0.2) is 0 Å². The van der Waals surface area contributed by atoms with Gasteiger partial charge in [-0.1, -0.05) is 0 Å². The van der Waals surface area contributed by atoms with E-state index in [2.05, 4.69) is 28.2 Å². The second-order valence-electron chi connectivity index (χ2n) is 3.65. The Kier molecular flexibility index (Phi) is 5.30. The van der Waals surface area contributed by atoms with E-state index in [0.29, 0.717) is 4.79 Å². The summed E-state index contributed by atoms with van der Waals surface area (Å²) >= 11 is 3.47. The van der Waals surface area contributed by atoms with Crippen LogP contribution in [0.25, 0.3) is 0 Å². The van der Waals surface area contributed by atoms with Crippen molar-refractivity contribution in [3.05, 3.63) is 5.82 Å². The minimum absolute atomic E-state index is 0.0687. The van der Waals surface area contributed by atoms with Crippen LogP contribution in [-0.4, -0.2) is 49.2 Å². The predicted octanol–water partition coefficient (Wildman–Crippen LogP) is -0.131. The van der Waals surface area contributed by atoms with Crippen LogP contribution in [0, 0.1) is 5.92 Å². The third-order valence-corrected chi connectivity index (χ3v) is 2.57. The molecular formula is C8H10F3N5O3S. The Morgan fingerprint density at radius 2 is 2.10 bits per heavy atom. The Labute approximate surface area is 115 Å². The maximum Gasteiger partial charge on any atom is 0.401 e. The molecule has 20 heavy (non-hydrogen) atoms. The van der Waals surface area contributed by atoms with Crippen molar-refractivity contribution in [2.75, 3.05) is 11.2 Å². The topological polar surface area (TPSA) is 110 Å². The molecule has 1 atom stereocenters. The Morgan fingerprint density at radius 3 is 2.60 bits per heavy atom. The Balaban J connectivity index is 2.75. The maximum absolute atomic E-state index is 12.5. The van der Waals surface area contributed by atoms with Gasteiger partial charge in [-0.2, -0.15) is 25.8 Å². The zero-order valence-corrected chi connectivity index (χ0v) is 10.7. The van der Waals surface area contributed by atoms with Crippen LogP contribution in [0.3, 0.4) is 0 Å². The molecule has 0 saturated carbocycles. The number of nitrogens with zero attached hydrogens (tertiary/aromatic N) is 4. The number of aromatic nitrogens is 4. The highest BCUT2D eigenvalue weighted by molar-refractivity contribution is 7.80. The number of carbonyl (C=O) groups excluding carboxylic acids is 1. The van der Waals surface area contributed by atoms with Crippen LogP contribution in [-0.2, 0) is 16.0 Å². The molecule has 1 unspecified atom stereocenters. The SMILES string of the molecule is O=C(O)CCc1nnnn1NC(=O)C(CS)C(F)(F)F. The minimum Gasteiger partial charge on any atom is -0.481 e. The summed E-state index contributed by atoms with van der Waals surface area (Å²) in [4.78, 5) is 22.5. The summed E-state index contributed by atoms with van der Waals surface area (Å²) in [5, 5.41) is 18.3. The molecule has 0 saturated heterocycles. The van der Waals surface area contributed by atoms with Crippen LogP contribution >= 0.6 is 12.6 Å². The molecule has 1 rings (SSSR count). The molecule has 0 radical (unpaired) electrons. The summed E-state index contributed by atoms with van der Waals surface area (Å²) in [6.07, 6.45) is -5.22. The van der Waals surface area contributed by atoms with E-state index in [-0.39, 0.29) is 18.7 Å². The largest absolute Gasteiger partial charge is 0.481 e. The summed E-state index contributed by atoms with van der Waals surface area (Å²) in [7, 11) is 0. The quantitative estimate of drug-likeness (QED) is 0.631. The van der Waals surface area contributed by atoms with Gasteiger partial charge < -0.3 is 5.11 Å². The lowest BCUT2D eigenvalue weighted by Crippen LogP contribution is -2.40.